The molecule has 10 heteroatoms. The van der Waals surface area contributed by atoms with Crippen LogP contribution in [0.5, 0.6) is 0 Å². The third kappa shape index (κ3) is 4.98. The summed E-state index contributed by atoms with van der Waals surface area (Å²) in [6.45, 7) is -0.872. The summed E-state index contributed by atoms with van der Waals surface area (Å²) < 4.78 is 0. The summed E-state index contributed by atoms with van der Waals surface area (Å²) >= 11 is 5.13. The summed E-state index contributed by atoms with van der Waals surface area (Å²) in [5, 5.41) is 25.4. The first-order chi connectivity index (χ1) is 5.97. The molecule has 0 aromatic carbocycles. The Bertz CT molecular complexity index is 198. The van der Waals surface area contributed by atoms with Crippen molar-refractivity contribution in [2.75, 3.05) is 6.61 Å². The number of hydrogen-bond donors (Lipinski definition) is 1. The number of aliphatic hydroxyl groups excluding tert-OH is 1. The van der Waals surface area contributed by atoms with Gasteiger partial charge in [0.1, 0.15) is 0 Å². The Kier molecular flexibility index (Phi) is 4.77. The zero-order chi connectivity index (χ0) is 10.4. The maximum atomic E-state index is 9.75. The second kappa shape index (κ2) is 5.32. The first-order valence-corrected chi connectivity index (χ1v) is 3.28. The Balaban J connectivity index is 4.06. The average molecular weight is 217 g/mol. The van der Waals surface area contributed by atoms with Crippen LogP contribution < -0.4 is 0 Å². The van der Waals surface area contributed by atoms with E-state index in [2.05, 4.69) is 9.68 Å². The molecule has 0 saturated carbocycles. The van der Waals surface area contributed by atoms with Gasteiger partial charge in [0, 0.05) is 0 Å². The molecule has 0 amide bonds. The van der Waals surface area contributed by atoms with Crippen LogP contribution in [0.15, 0.2) is 0 Å². The molecule has 13 heavy (non-hydrogen) atoms. The third-order valence-electron chi connectivity index (χ3n) is 0.880. The molecule has 1 N–H and O–H groups in total. The Morgan fingerprint density at radius 3 is 2.08 bits per heavy atom. The highest BCUT2D eigenvalue weighted by Crippen LogP contribution is 2.08. The Hall–Kier alpha value is -1.35. The van der Waals surface area contributed by atoms with Gasteiger partial charge in [0.2, 0.25) is 5.56 Å². The molecule has 0 radical (unpaired) electrons. The molecule has 0 fully saturated rings. The monoisotopic (exact) mass is 216 g/mol. The van der Waals surface area contributed by atoms with Crippen molar-refractivity contribution >= 4 is 11.6 Å². The highest BCUT2D eigenvalue weighted by Gasteiger charge is 2.25. The number of aliphatic hydroxyl groups is 1. The lowest BCUT2D eigenvalue weighted by Crippen LogP contribution is -2.33. The van der Waals surface area contributed by atoms with E-state index in [1.165, 1.54) is 0 Å². The van der Waals surface area contributed by atoms with Gasteiger partial charge >= 0.3 is 0 Å². The summed E-state index contributed by atoms with van der Waals surface area (Å²) in [4.78, 5) is 26.9. The van der Waals surface area contributed by atoms with E-state index in [1.54, 1.807) is 0 Å². The first kappa shape index (κ1) is 11.6. The molecule has 2 unspecified atom stereocenters. The predicted octanol–water partition coefficient (Wildman–Crippen LogP) is -0.671. The minimum absolute atomic E-state index is 0.872. The van der Waals surface area contributed by atoms with Crippen LogP contribution in [-0.4, -0.2) is 33.6 Å². The highest BCUT2D eigenvalue weighted by atomic mass is 35.5. The molecular formula is C3H5ClN2O7. The van der Waals surface area contributed by atoms with Crippen LogP contribution >= 0.6 is 11.6 Å². The normalized spacial score (nSPS) is 14.3. The van der Waals surface area contributed by atoms with Crippen LogP contribution in [0.25, 0.3) is 0 Å². The number of hydrogen-bond acceptors (Lipinski definition) is 7. The smallest absolute Gasteiger partial charge is 0.296 e. The minimum Gasteiger partial charge on any atom is -0.394 e. The Morgan fingerprint density at radius 2 is 1.77 bits per heavy atom. The fourth-order valence-corrected chi connectivity index (χ4v) is 0.615. The van der Waals surface area contributed by atoms with Crippen molar-refractivity contribution in [1.82, 2.24) is 0 Å². The molecule has 0 aliphatic heterocycles. The standard InChI is InChI=1S/C3H5ClN2O7/c4-3(13-6(10)11)2(1-7)12-5(8)9/h2-3,7H,1H2. The number of halogens is 1. The molecule has 0 rings (SSSR count). The minimum atomic E-state index is -1.73. The lowest BCUT2D eigenvalue weighted by Gasteiger charge is -2.15. The largest absolute Gasteiger partial charge is 0.394 e. The summed E-state index contributed by atoms with van der Waals surface area (Å²) in [5.41, 5.74) is -1.73. The van der Waals surface area contributed by atoms with Gasteiger partial charge in [-0.2, -0.15) is 0 Å². The van der Waals surface area contributed by atoms with Crippen molar-refractivity contribution in [3.8, 4) is 0 Å². The van der Waals surface area contributed by atoms with Gasteiger partial charge in [-0.3, -0.25) is 4.84 Å². The van der Waals surface area contributed by atoms with E-state index in [1.807, 2.05) is 0 Å². The molecule has 9 nitrogen and oxygen atoms in total. The van der Waals surface area contributed by atoms with Crippen molar-refractivity contribution in [2.24, 2.45) is 0 Å². The van der Waals surface area contributed by atoms with E-state index in [9.17, 15) is 20.2 Å². The molecular weight excluding hydrogens is 211 g/mol. The van der Waals surface area contributed by atoms with Gasteiger partial charge in [0.15, 0.2) is 6.10 Å². The van der Waals surface area contributed by atoms with Gasteiger partial charge in [0.05, 0.1) is 6.61 Å². The van der Waals surface area contributed by atoms with Gasteiger partial charge in [0.25, 0.3) is 10.2 Å². The quantitative estimate of drug-likeness (QED) is 0.354. The van der Waals surface area contributed by atoms with Gasteiger partial charge in [-0.15, -0.1) is 20.2 Å². The van der Waals surface area contributed by atoms with E-state index < -0.39 is 28.4 Å². The molecule has 0 aromatic heterocycles. The van der Waals surface area contributed by atoms with Crippen molar-refractivity contribution in [1.29, 1.82) is 0 Å². The van der Waals surface area contributed by atoms with Crippen molar-refractivity contribution in [3.63, 3.8) is 0 Å². The zero-order valence-corrected chi connectivity index (χ0v) is 6.79. The summed E-state index contributed by atoms with van der Waals surface area (Å²) in [5.74, 6) is 0. The Morgan fingerprint density at radius 1 is 1.31 bits per heavy atom. The fraction of sp³-hybridized carbons (Fsp3) is 1.00. The molecule has 0 aliphatic rings. The average Bonchev–Trinajstić information content (AvgIpc) is 1.98. The molecule has 0 spiro atoms. The lowest BCUT2D eigenvalue weighted by molar-refractivity contribution is -0.794. The lowest BCUT2D eigenvalue weighted by atomic mass is 10.4. The van der Waals surface area contributed by atoms with Crippen LogP contribution in [0.1, 0.15) is 0 Å². The second-order valence-corrected chi connectivity index (χ2v) is 2.16. The summed E-state index contributed by atoms with van der Waals surface area (Å²) in [6.07, 6.45) is -1.60. The summed E-state index contributed by atoms with van der Waals surface area (Å²) in [6, 6.07) is 0. The van der Waals surface area contributed by atoms with Crippen molar-refractivity contribution in [3.05, 3.63) is 20.2 Å². The Labute approximate surface area is 76.0 Å². The molecule has 0 aromatic rings. The van der Waals surface area contributed by atoms with Gasteiger partial charge in [-0.25, -0.2) is 0 Å². The SMILES string of the molecule is O=[N+]([O-])OC(Cl)C(CO)O[N+](=O)[O-]. The van der Waals surface area contributed by atoms with Gasteiger partial charge < -0.3 is 9.94 Å². The highest BCUT2D eigenvalue weighted by molar-refractivity contribution is 6.20. The van der Waals surface area contributed by atoms with E-state index in [4.69, 9.17) is 16.7 Å². The molecule has 2 atom stereocenters. The first-order valence-electron chi connectivity index (χ1n) is 2.84. The van der Waals surface area contributed by atoms with E-state index in [0.29, 0.717) is 0 Å². The number of alkyl halides is 1. The summed E-state index contributed by atoms with van der Waals surface area (Å²) in [7, 11) is 0. The third-order valence-corrected chi connectivity index (χ3v) is 1.24. The van der Waals surface area contributed by atoms with Crippen LogP contribution in [0, 0.1) is 20.2 Å². The van der Waals surface area contributed by atoms with Crippen molar-refractivity contribution in [2.45, 2.75) is 11.7 Å². The van der Waals surface area contributed by atoms with E-state index in [-0.39, 0.29) is 0 Å². The van der Waals surface area contributed by atoms with Crippen LogP contribution in [-0.2, 0) is 9.68 Å². The maximum absolute atomic E-state index is 9.75. The zero-order valence-electron chi connectivity index (χ0n) is 6.03. The molecule has 0 saturated heterocycles. The van der Waals surface area contributed by atoms with E-state index in [0.717, 1.165) is 0 Å². The molecule has 0 bridgehead atoms. The molecule has 0 heterocycles. The van der Waals surface area contributed by atoms with Crippen LogP contribution in [0.3, 0.4) is 0 Å². The number of rotatable bonds is 6. The predicted molar refractivity (Wildman–Crippen MR) is 36.7 cm³/mol. The van der Waals surface area contributed by atoms with E-state index >= 15 is 0 Å². The van der Waals surface area contributed by atoms with Crippen LogP contribution in [0.4, 0.5) is 0 Å². The maximum Gasteiger partial charge on any atom is 0.296 e. The fourth-order valence-electron chi connectivity index (χ4n) is 0.425. The molecule has 76 valence electrons. The van der Waals surface area contributed by atoms with Gasteiger partial charge in [-0.1, -0.05) is 11.6 Å². The van der Waals surface area contributed by atoms with Gasteiger partial charge in [-0.05, 0) is 0 Å². The topological polar surface area (TPSA) is 125 Å². The second-order valence-electron chi connectivity index (χ2n) is 1.73. The van der Waals surface area contributed by atoms with Crippen molar-refractivity contribution < 1.29 is 25.0 Å². The molecule has 0 aliphatic carbocycles. The van der Waals surface area contributed by atoms with Crippen LogP contribution in [0.2, 0.25) is 0 Å². The number of nitrogens with zero attached hydrogens (tertiary/aromatic N) is 2.